The number of nitrogens with zero attached hydrogens (tertiary/aromatic N) is 3. The molecule has 2 saturated heterocycles. The van der Waals surface area contributed by atoms with E-state index in [0.29, 0.717) is 23.7 Å². The van der Waals surface area contributed by atoms with Crippen molar-refractivity contribution in [1.82, 2.24) is 9.88 Å². The van der Waals surface area contributed by atoms with Gasteiger partial charge in [-0.3, -0.25) is 9.62 Å². The molecular weight excluding hydrogens is 420 g/mol. The van der Waals surface area contributed by atoms with Gasteiger partial charge in [0.2, 0.25) is 0 Å². The maximum absolute atomic E-state index is 12.7. The van der Waals surface area contributed by atoms with Gasteiger partial charge in [-0.25, -0.2) is 13.4 Å². The number of anilines is 2. The SMILES string of the molecule is CCCN1CC2CC1CN2c1ccc(NS(=O)(=O)c2ccc(C(C)C)cc2)cn1.Cl. The van der Waals surface area contributed by atoms with Crippen LogP contribution >= 0.6 is 12.4 Å². The summed E-state index contributed by atoms with van der Waals surface area (Å²) in [6, 6.07) is 11.9. The van der Waals surface area contributed by atoms with Crippen LogP contribution in [0.5, 0.6) is 0 Å². The van der Waals surface area contributed by atoms with Crippen LogP contribution in [0.15, 0.2) is 47.5 Å². The summed E-state index contributed by atoms with van der Waals surface area (Å²) in [5, 5.41) is 0. The number of piperazine rings is 1. The Labute approximate surface area is 186 Å². The molecule has 164 valence electrons. The largest absolute Gasteiger partial charge is 0.351 e. The van der Waals surface area contributed by atoms with E-state index in [9.17, 15) is 8.42 Å². The molecular formula is C22H31ClN4O2S. The van der Waals surface area contributed by atoms with E-state index in [-0.39, 0.29) is 17.3 Å². The summed E-state index contributed by atoms with van der Waals surface area (Å²) in [6.07, 6.45) is 4.00. The minimum Gasteiger partial charge on any atom is -0.351 e. The van der Waals surface area contributed by atoms with Gasteiger partial charge < -0.3 is 4.90 Å². The van der Waals surface area contributed by atoms with Gasteiger partial charge in [-0.2, -0.15) is 0 Å². The Morgan fingerprint density at radius 1 is 1.10 bits per heavy atom. The van der Waals surface area contributed by atoms with Gasteiger partial charge in [0.05, 0.1) is 16.8 Å². The number of halogens is 1. The van der Waals surface area contributed by atoms with Crippen LogP contribution in [0.3, 0.4) is 0 Å². The van der Waals surface area contributed by atoms with Crippen molar-refractivity contribution in [2.75, 3.05) is 29.3 Å². The van der Waals surface area contributed by atoms with Crippen molar-refractivity contribution in [1.29, 1.82) is 0 Å². The maximum atomic E-state index is 12.7. The number of rotatable bonds is 7. The van der Waals surface area contributed by atoms with Crippen LogP contribution < -0.4 is 9.62 Å². The average molecular weight is 451 g/mol. The van der Waals surface area contributed by atoms with Gasteiger partial charge in [0.25, 0.3) is 10.0 Å². The topological polar surface area (TPSA) is 65.5 Å². The molecule has 4 rings (SSSR count). The molecule has 1 aromatic heterocycles. The zero-order valence-electron chi connectivity index (χ0n) is 17.8. The predicted octanol–water partition coefficient (Wildman–Crippen LogP) is 4.10. The number of fused-ring (bicyclic) bond motifs is 2. The maximum Gasteiger partial charge on any atom is 0.261 e. The molecule has 2 unspecified atom stereocenters. The molecule has 0 amide bonds. The van der Waals surface area contributed by atoms with Crippen LogP contribution in [0.4, 0.5) is 11.5 Å². The fraction of sp³-hybridized carbons (Fsp3) is 0.500. The Hall–Kier alpha value is -1.83. The summed E-state index contributed by atoms with van der Waals surface area (Å²) >= 11 is 0. The molecule has 2 atom stereocenters. The van der Waals surface area contributed by atoms with E-state index in [4.69, 9.17) is 0 Å². The molecule has 0 spiro atoms. The minimum absolute atomic E-state index is 0. The summed E-state index contributed by atoms with van der Waals surface area (Å²) < 4.78 is 28.0. The zero-order chi connectivity index (χ0) is 20.6. The number of benzene rings is 1. The van der Waals surface area contributed by atoms with Crippen LogP contribution in [0.2, 0.25) is 0 Å². The Balaban J connectivity index is 0.00000256. The molecule has 2 fully saturated rings. The molecule has 2 bridgehead atoms. The summed E-state index contributed by atoms with van der Waals surface area (Å²) in [5.41, 5.74) is 1.60. The van der Waals surface area contributed by atoms with E-state index in [1.807, 2.05) is 18.2 Å². The molecule has 30 heavy (non-hydrogen) atoms. The lowest BCUT2D eigenvalue weighted by molar-refractivity contribution is 0.239. The summed E-state index contributed by atoms with van der Waals surface area (Å²) in [4.78, 5) is 9.75. The van der Waals surface area contributed by atoms with Gasteiger partial charge in [0.1, 0.15) is 5.82 Å². The fourth-order valence-electron chi connectivity index (χ4n) is 4.45. The third kappa shape index (κ3) is 4.58. The molecule has 1 N–H and O–H groups in total. The fourth-order valence-corrected chi connectivity index (χ4v) is 5.50. The Morgan fingerprint density at radius 3 is 2.37 bits per heavy atom. The zero-order valence-corrected chi connectivity index (χ0v) is 19.4. The van der Waals surface area contributed by atoms with Gasteiger partial charge in [0, 0.05) is 25.2 Å². The van der Waals surface area contributed by atoms with Gasteiger partial charge in [-0.1, -0.05) is 32.9 Å². The molecule has 0 radical (unpaired) electrons. The number of hydrogen-bond acceptors (Lipinski definition) is 5. The Kier molecular flexibility index (Phi) is 6.95. The third-order valence-electron chi connectivity index (χ3n) is 6.02. The average Bonchev–Trinajstić information content (AvgIpc) is 3.29. The lowest BCUT2D eigenvalue weighted by Crippen LogP contribution is -2.46. The number of hydrogen-bond donors (Lipinski definition) is 1. The number of aromatic nitrogens is 1. The first-order valence-corrected chi connectivity index (χ1v) is 11.9. The third-order valence-corrected chi connectivity index (χ3v) is 7.41. The monoisotopic (exact) mass is 450 g/mol. The molecule has 2 aromatic rings. The first kappa shape index (κ1) is 22.8. The second kappa shape index (κ2) is 9.12. The highest BCUT2D eigenvalue weighted by molar-refractivity contribution is 7.92. The molecule has 0 aliphatic carbocycles. The number of sulfonamides is 1. The normalized spacial score (nSPS) is 21.1. The highest BCUT2D eigenvalue weighted by Crippen LogP contribution is 2.34. The Bertz CT molecular complexity index is 948. The summed E-state index contributed by atoms with van der Waals surface area (Å²) in [5.74, 6) is 1.30. The lowest BCUT2D eigenvalue weighted by Gasteiger charge is -2.34. The lowest BCUT2D eigenvalue weighted by atomic mass is 10.0. The highest BCUT2D eigenvalue weighted by Gasteiger charge is 2.43. The predicted molar refractivity (Wildman–Crippen MR) is 124 cm³/mol. The van der Waals surface area contributed by atoms with E-state index in [0.717, 1.165) is 24.5 Å². The van der Waals surface area contributed by atoms with Gasteiger partial charge >= 0.3 is 0 Å². The van der Waals surface area contributed by atoms with Crippen LogP contribution in [-0.2, 0) is 10.0 Å². The molecule has 0 saturated carbocycles. The van der Waals surface area contributed by atoms with Crippen LogP contribution in [0.1, 0.15) is 45.1 Å². The van der Waals surface area contributed by atoms with Crippen molar-refractivity contribution in [3.8, 4) is 0 Å². The minimum atomic E-state index is -3.62. The van der Waals surface area contributed by atoms with E-state index in [1.54, 1.807) is 24.4 Å². The van der Waals surface area contributed by atoms with Gasteiger partial charge in [-0.05, 0) is 55.1 Å². The molecule has 6 nitrogen and oxygen atoms in total. The van der Waals surface area contributed by atoms with E-state index in [1.165, 1.54) is 19.4 Å². The van der Waals surface area contributed by atoms with Crippen LogP contribution in [0.25, 0.3) is 0 Å². The standard InChI is InChI=1S/C22H30N4O2S.ClH/c1-4-11-25-14-20-12-19(25)15-26(20)22-10-7-18(13-23-22)24-29(27,28)21-8-5-17(6-9-21)16(2)3;/h5-10,13,16,19-20,24H,4,11-12,14-15H2,1-3H3;1H. The second-order valence-electron chi connectivity index (χ2n) is 8.42. The van der Waals surface area contributed by atoms with Crippen molar-refractivity contribution in [2.45, 2.75) is 56.5 Å². The smallest absolute Gasteiger partial charge is 0.261 e. The van der Waals surface area contributed by atoms with E-state index < -0.39 is 10.0 Å². The summed E-state index contributed by atoms with van der Waals surface area (Å²) in [6.45, 7) is 9.67. The van der Waals surface area contributed by atoms with Gasteiger partial charge in [-0.15, -0.1) is 12.4 Å². The van der Waals surface area contributed by atoms with Gasteiger partial charge in [0.15, 0.2) is 0 Å². The first-order chi connectivity index (χ1) is 13.9. The molecule has 8 heteroatoms. The molecule has 2 aliphatic rings. The first-order valence-electron chi connectivity index (χ1n) is 10.5. The highest BCUT2D eigenvalue weighted by atomic mass is 35.5. The molecule has 2 aliphatic heterocycles. The Morgan fingerprint density at radius 2 is 1.83 bits per heavy atom. The number of pyridine rings is 1. The summed E-state index contributed by atoms with van der Waals surface area (Å²) in [7, 11) is -3.62. The molecule has 3 heterocycles. The van der Waals surface area contributed by atoms with Crippen LogP contribution in [0, 0.1) is 0 Å². The van der Waals surface area contributed by atoms with Crippen molar-refractivity contribution in [3.05, 3.63) is 48.2 Å². The molecule has 1 aromatic carbocycles. The quantitative estimate of drug-likeness (QED) is 0.687. The van der Waals surface area contributed by atoms with Crippen LogP contribution in [-0.4, -0.2) is 50.0 Å². The van der Waals surface area contributed by atoms with E-state index in [2.05, 4.69) is 40.3 Å². The second-order valence-corrected chi connectivity index (χ2v) is 10.1. The van der Waals surface area contributed by atoms with E-state index >= 15 is 0 Å². The van der Waals surface area contributed by atoms with Crippen molar-refractivity contribution in [2.24, 2.45) is 0 Å². The number of nitrogens with one attached hydrogen (secondary N) is 1. The van der Waals surface area contributed by atoms with Crippen molar-refractivity contribution < 1.29 is 8.42 Å². The van der Waals surface area contributed by atoms with Crippen molar-refractivity contribution >= 4 is 33.9 Å². The van der Waals surface area contributed by atoms with Crippen molar-refractivity contribution in [3.63, 3.8) is 0 Å². The number of likely N-dealkylation sites (tertiary alicyclic amines) is 1.